The van der Waals surface area contributed by atoms with Gasteiger partial charge in [0.1, 0.15) is 5.78 Å². The first kappa shape index (κ1) is 9.23. The molecule has 2 rings (SSSR count). The van der Waals surface area contributed by atoms with Crippen LogP contribution in [0.3, 0.4) is 0 Å². The molecule has 0 radical (unpaired) electrons. The molecule has 2 fully saturated rings. The molecule has 1 spiro atoms. The van der Waals surface area contributed by atoms with Gasteiger partial charge in [-0.25, -0.2) is 0 Å². The second-order valence-electron chi connectivity index (χ2n) is 5.22. The lowest BCUT2D eigenvalue weighted by molar-refractivity contribution is -0.131. The van der Waals surface area contributed by atoms with E-state index in [0.717, 1.165) is 0 Å². The van der Waals surface area contributed by atoms with Crippen molar-refractivity contribution in [3.63, 3.8) is 0 Å². The average Bonchev–Trinajstić information content (AvgIpc) is 2.44. The van der Waals surface area contributed by atoms with Crippen molar-refractivity contribution in [3.05, 3.63) is 0 Å². The van der Waals surface area contributed by atoms with Crippen LogP contribution in [0.25, 0.3) is 0 Å². The molecule has 1 unspecified atom stereocenters. The van der Waals surface area contributed by atoms with Gasteiger partial charge in [-0.05, 0) is 31.1 Å². The van der Waals surface area contributed by atoms with Crippen molar-refractivity contribution in [2.24, 2.45) is 17.3 Å². The Balaban J connectivity index is 2.09. The molecule has 2 saturated carbocycles. The topological polar surface area (TPSA) is 17.1 Å². The van der Waals surface area contributed by atoms with E-state index < -0.39 is 0 Å². The lowest BCUT2D eigenvalue weighted by Crippen LogP contribution is -2.38. The zero-order chi connectivity index (χ0) is 9.47. The summed E-state index contributed by atoms with van der Waals surface area (Å²) in [6, 6.07) is 0. The first-order chi connectivity index (χ1) is 6.16. The molecule has 0 bridgehead atoms. The number of carbonyl (C=O) groups is 1. The summed E-state index contributed by atoms with van der Waals surface area (Å²) in [7, 11) is 0. The van der Waals surface area contributed by atoms with Gasteiger partial charge in [0.15, 0.2) is 0 Å². The van der Waals surface area contributed by atoms with Crippen molar-refractivity contribution in [1.82, 2.24) is 0 Å². The molecule has 0 heterocycles. The highest BCUT2D eigenvalue weighted by Crippen LogP contribution is 2.57. The van der Waals surface area contributed by atoms with E-state index in [9.17, 15) is 4.79 Å². The third-order valence-corrected chi connectivity index (χ3v) is 4.17. The second-order valence-corrected chi connectivity index (χ2v) is 5.22. The Morgan fingerprint density at radius 2 is 1.85 bits per heavy atom. The van der Waals surface area contributed by atoms with Crippen LogP contribution in [0.2, 0.25) is 0 Å². The van der Waals surface area contributed by atoms with E-state index in [1.54, 1.807) is 0 Å². The van der Waals surface area contributed by atoms with E-state index in [2.05, 4.69) is 0 Å². The molecule has 0 aromatic carbocycles. The van der Waals surface area contributed by atoms with Gasteiger partial charge in [0.05, 0.1) is 0 Å². The van der Waals surface area contributed by atoms with Crippen molar-refractivity contribution in [2.75, 3.05) is 0 Å². The lowest BCUT2D eigenvalue weighted by atomic mass is 9.61. The summed E-state index contributed by atoms with van der Waals surface area (Å²) < 4.78 is 0. The molecule has 13 heavy (non-hydrogen) atoms. The molecule has 1 nitrogen and oxygen atoms in total. The van der Waals surface area contributed by atoms with Crippen LogP contribution in [-0.4, -0.2) is 5.78 Å². The Bertz CT molecular complexity index is 213. The van der Waals surface area contributed by atoms with Crippen molar-refractivity contribution in [2.45, 2.75) is 52.4 Å². The molecule has 0 aromatic heterocycles. The zero-order valence-electron chi connectivity index (χ0n) is 8.81. The molecule has 0 aromatic rings. The van der Waals surface area contributed by atoms with Gasteiger partial charge in [0.2, 0.25) is 0 Å². The van der Waals surface area contributed by atoms with Crippen molar-refractivity contribution in [3.8, 4) is 0 Å². The van der Waals surface area contributed by atoms with Crippen LogP contribution in [0.1, 0.15) is 52.4 Å². The number of carbonyl (C=O) groups excluding carboxylic acids is 1. The Morgan fingerprint density at radius 1 is 1.23 bits per heavy atom. The van der Waals surface area contributed by atoms with Crippen LogP contribution in [-0.2, 0) is 4.79 Å². The summed E-state index contributed by atoms with van der Waals surface area (Å²) in [5.74, 6) is 1.22. The summed E-state index contributed by atoms with van der Waals surface area (Å²) in [6.07, 6.45) is 7.82. The molecular formula is C12H20O. The van der Waals surface area contributed by atoms with Gasteiger partial charge in [-0.3, -0.25) is 4.79 Å². The Hall–Kier alpha value is -0.330. The van der Waals surface area contributed by atoms with E-state index >= 15 is 0 Å². The molecule has 0 N–H and O–H groups in total. The van der Waals surface area contributed by atoms with Gasteiger partial charge < -0.3 is 0 Å². The van der Waals surface area contributed by atoms with Crippen LogP contribution in [0.15, 0.2) is 0 Å². The van der Waals surface area contributed by atoms with Crippen LogP contribution in [0.5, 0.6) is 0 Å². The van der Waals surface area contributed by atoms with Crippen LogP contribution in [0, 0.1) is 17.3 Å². The van der Waals surface area contributed by atoms with E-state index in [1.807, 2.05) is 13.8 Å². The molecule has 74 valence electrons. The van der Waals surface area contributed by atoms with Gasteiger partial charge >= 0.3 is 0 Å². The quantitative estimate of drug-likeness (QED) is 0.638. The normalized spacial score (nSPS) is 30.8. The Labute approximate surface area is 80.9 Å². The lowest BCUT2D eigenvalue weighted by Gasteiger charge is -2.43. The van der Waals surface area contributed by atoms with Gasteiger partial charge in [0.25, 0.3) is 0 Å². The largest absolute Gasteiger partial charge is 0.299 e. The van der Waals surface area contributed by atoms with E-state index in [4.69, 9.17) is 0 Å². The van der Waals surface area contributed by atoms with Crippen molar-refractivity contribution in [1.29, 1.82) is 0 Å². The summed E-state index contributed by atoms with van der Waals surface area (Å²) in [5, 5.41) is 0. The number of rotatable bonds is 2. The number of Topliss-reactive ketones (excluding diaryl/α,β-unsaturated/α-hetero) is 1. The monoisotopic (exact) mass is 180 g/mol. The minimum Gasteiger partial charge on any atom is -0.299 e. The molecule has 0 aliphatic heterocycles. The smallest absolute Gasteiger partial charge is 0.139 e. The predicted molar refractivity (Wildman–Crippen MR) is 53.5 cm³/mol. The minimum absolute atomic E-state index is 0.251. The molecule has 1 atom stereocenters. The van der Waals surface area contributed by atoms with E-state index in [-0.39, 0.29) is 5.92 Å². The van der Waals surface area contributed by atoms with Gasteiger partial charge in [-0.15, -0.1) is 0 Å². The molecule has 1 heteroatoms. The number of hydrogen-bond donors (Lipinski definition) is 0. The summed E-state index contributed by atoms with van der Waals surface area (Å²) in [4.78, 5) is 12.0. The highest BCUT2D eigenvalue weighted by Gasteiger charge is 2.49. The SMILES string of the molecule is CC(C)C(=O)C1CCCC12CCC2. The van der Waals surface area contributed by atoms with E-state index in [0.29, 0.717) is 17.1 Å². The fourth-order valence-electron chi connectivity index (χ4n) is 3.21. The molecule has 2 aliphatic carbocycles. The Kier molecular flexibility index (Phi) is 2.21. The van der Waals surface area contributed by atoms with E-state index in [1.165, 1.54) is 38.5 Å². The molecule has 0 amide bonds. The minimum atomic E-state index is 0.251. The third-order valence-electron chi connectivity index (χ3n) is 4.17. The Morgan fingerprint density at radius 3 is 2.31 bits per heavy atom. The molecule has 0 saturated heterocycles. The van der Waals surface area contributed by atoms with Crippen molar-refractivity contribution >= 4 is 5.78 Å². The van der Waals surface area contributed by atoms with Gasteiger partial charge in [-0.2, -0.15) is 0 Å². The maximum atomic E-state index is 12.0. The predicted octanol–water partition coefficient (Wildman–Crippen LogP) is 3.18. The highest BCUT2D eigenvalue weighted by atomic mass is 16.1. The summed E-state index contributed by atoms with van der Waals surface area (Å²) >= 11 is 0. The number of ketones is 1. The second kappa shape index (κ2) is 3.11. The third kappa shape index (κ3) is 1.33. The van der Waals surface area contributed by atoms with Gasteiger partial charge in [-0.1, -0.05) is 26.7 Å². The van der Waals surface area contributed by atoms with Crippen LogP contribution in [0.4, 0.5) is 0 Å². The fourth-order valence-corrected chi connectivity index (χ4v) is 3.21. The molecule has 2 aliphatic rings. The standard InChI is InChI=1S/C12H20O/c1-9(2)11(13)10-5-3-6-12(10)7-4-8-12/h9-10H,3-8H2,1-2H3. The first-order valence-electron chi connectivity index (χ1n) is 5.69. The highest BCUT2D eigenvalue weighted by molar-refractivity contribution is 5.84. The fraction of sp³-hybridized carbons (Fsp3) is 0.917. The van der Waals surface area contributed by atoms with Crippen LogP contribution >= 0.6 is 0 Å². The van der Waals surface area contributed by atoms with Crippen LogP contribution < -0.4 is 0 Å². The van der Waals surface area contributed by atoms with Gasteiger partial charge in [0, 0.05) is 11.8 Å². The van der Waals surface area contributed by atoms with Crippen molar-refractivity contribution < 1.29 is 4.79 Å². The average molecular weight is 180 g/mol. The maximum Gasteiger partial charge on any atom is 0.139 e. The first-order valence-corrected chi connectivity index (χ1v) is 5.69. The summed E-state index contributed by atoms with van der Waals surface area (Å²) in [5.41, 5.74) is 0.487. The summed E-state index contributed by atoms with van der Waals surface area (Å²) in [6.45, 7) is 4.10. The zero-order valence-corrected chi connectivity index (χ0v) is 8.81. The number of hydrogen-bond acceptors (Lipinski definition) is 1. The maximum absolute atomic E-state index is 12.0. The molecular weight excluding hydrogens is 160 g/mol.